The lowest BCUT2D eigenvalue weighted by molar-refractivity contribution is -0.384. The third kappa shape index (κ3) is 5.93. The maximum absolute atomic E-state index is 12.9. The third-order valence-electron chi connectivity index (χ3n) is 4.12. The monoisotopic (exact) mass is 435 g/mol. The lowest BCUT2D eigenvalue weighted by Gasteiger charge is -2.30. The SMILES string of the molecule is CC[C@H](C(=O)Nc1ccc(OC(C)C)cc1)N(c1cccc([N+](=O)[O-])c1)S(C)(=O)=O. The Morgan fingerprint density at radius 2 is 1.83 bits per heavy atom. The van der Waals surface area contributed by atoms with E-state index in [9.17, 15) is 23.3 Å². The molecule has 30 heavy (non-hydrogen) atoms. The number of rotatable bonds is 9. The highest BCUT2D eigenvalue weighted by molar-refractivity contribution is 7.92. The minimum absolute atomic E-state index is 0.00756. The third-order valence-corrected chi connectivity index (χ3v) is 5.30. The predicted molar refractivity (Wildman–Crippen MR) is 115 cm³/mol. The van der Waals surface area contributed by atoms with Crippen LogP contribution in [0.4, 0.5) is 17.1 Å². The van der Waals surface area contributed by atoms with E-state index in [1.165, 1.54) is 18.2 Å². The highest BCUT2D eigenvalue weighted by atomic mass is 32.2. The van der Waals surface area contributed by atoms with E-state index >= 15 is 0 Å². The Bertz CT molecular complexity index is 1010. The Morgan fingerprint density at radius 1 is 1.20 bits per heavy atom. The standard InChI is InChI=1S/C20H25N3O6S/c1-5-19(20(24)21-15-9-11-18(12-10-15)29-14(2)3)22(30(4,27)28)16-7-6-8-17(13-16)23(25)26/h6-14,19H,5H2,1-4H3,(H,21,24)/t19-/m1/s1. The van der Waals surface area contributed by atoms with E-state index in [-0.39, 0.29) is 23.9 Å². The van der Waals surface area contributed by atoms with E-state index in [1.54, 1.807) is 31.2 Å². The number of ether oxygens (including phenoxy) is 1. The van der Waals surface area contributed by atoms with Crippen LogP contribution in [0.3, 0.4) is 0 Å². The zero-order valence-corrected chi connectivity index (χ0v) is 18.0. The van der Waals surface area contributed by atoms with Crippen LogP contribution in [0, 0.1) is 10.1 Å². The second-order valence-corrected chi connectivity index (χ2v) is 8.80. The molecule has 10 heteroatoms. The van der Waals surface area contributed by atoms with Crippen molar-refractivity contribution >= 4 is 33.0 Å². The lowest BCUT2D eigenvalue weighted by atomic mass is 10.1. The highest BCUT2D eigenvalue weighted by Gasteiger charge is 2.32. The Balaban J connectivity index is 2.32. The number of sulfonamides is 1. The summed E-state index contributed by atoms with van der Waals surface area (Å²) in [7, 11) is -3.90. The molecular formula is C20H25N3O6S. The summed E-state index contributed by atoms with van der Waals surface area (Å²) < 4.78 is 31.4. The normalized spacial score (nSPS) is 12.3. The van der Waals surface area contributed by atoms with Gasteiger partial charge in [-0.3, -0.25) is 19.2 Å². The average Bonchev–Trinajstić information content (AvgIpc) is 2.66. The van der Waals surface area contributed by atoms with Crippen molar-refractivity contribution in [3.63, 3.8) is 0 Å². The van der Waals surface area contributed by atoms with Crippen molar-refractivity contribution in [3.8, 4) is 5.75 Å². The van der Waals surface area contributed by atoms with Crippen LogP contribution in [0.5, 0.6) is 5.75 Å². The molecule has 1 amide bonds. The van der Waals surface area contributed by atoms with E-state index in [0.29, 0.717) is 11.4 Å². The van der Waals surface area contributed by atoms with Crippen molar-refractivity contribution in [1.82, 2.24) is 0 Å². The average molecular weight is 436 g/mol. The van der Waals surface area contributed by atoms with E-state index in [1.807, 2.05) is 13.8 Å². The van der Waals surface area contributed by atoms with Crippen molar-refractivity contribution in [1.29, 1.82) is 0 Å². The van der Waals surface area contributed by atoms with Crippen LogP contribution in [-0.2, 0) is 14.8 Å². The molecule has 162 valence electrons. The van der Waals surface area contributed by atoms with Crippen LogP contribution < -0.4 is 14.4 Å². The fourth-order valence-electron chi connectivity index (χ4n) is 2.92. The van der Waals surface area contributed by atoms with Gasteiger partial charge in [0.05, 0.1) is 23.0 Å². The summed E-state index contributed by atoms with van der Waals surface area (Å²) in [5, 5.41) is 13.8. The molecule has 9 nitrogen and oxygen atoms in total. The van der Waals surface area contributed by atoms with E-state index in [4.69, 9.17) is 4.74 Å². The molecule has 0 aliphatic carbocycles. The molecule has 0 spiro atoms. The highest BCUT2D eigenvalue weighted by Crippen LogP contribution is 2.27. The number of hydrogen-bond acceptors (Lipinski definition) is 6. The molecule has 0 unspecified atom stereocenters. The molecule has 0 fully saturated rings. The second-order valence-electron chi connectivity index (χ2n) is 6.94. The fraction of sp³-hybridized carbons (Fsp3) is 0.350. The molecule has 0 saturated carbocycles. The number of nitrogens with zero attached hydrogens (tertiary/aromatic N) is 2. The van der Waals surface area contributed by atoms with Crippen molar-refractivity contribution < 1.29 is 22.9 Å². The molecule has 1 atom stereocenters. The predicted octanol–water partition coefficient (Wildman–Crippen LogP) is 3.57. The minimum atomic E-state index is -3.90. The second kappa shape index (κ2) is 9.57. The lowest BCUT2D eigenvalue weighted by Crippen LogP contribution is -2.47. The molecule has 1 N–H and O–H groups in total. The van der Waals surface area contributed by atoms with Gasteiger partial charge in [0.1, 0.15) is 11.8 Å². The van der Waals surface area contributed by atoms with Crippen LogP contribution in [0.1, 0.15) is 27.2 Å². The molecule has 0 aliphatic heterocycles. The van der Waals surface area contributed by atoms with Crippen LogP contribution in [0.15, 0.2) is 48.5 Å². The molecule has 0 saturated heterocycles. The van der Waals surface area contributed by atoms with Gasteiger partial charge in [-0.1, -0.05) is 13.0 Å². The first kappa shape index (κ1) is 23.1. The number of anilines is 2. The molecule has 0 bridgehead atoms. The summed E-state index contributed by atoms with van der Waals surface area (Å²) in [6.45, 7) is 5.46. The number of nitro benzene ring substituents is 1. The van der Waals surface area contributed by atoms with Gasteiger partial charge in [-0.05, 0) is 50.6 Å². The first-order valence-corrected chi connectivity index (χ1v) is 11.2. The van der Waals surface area contributed by atoms with Gasteiger partial charge in [-0.15, -0.1) is 0 Å². The fourth-order valence-corrected chi connectivity index (χ4v) is 4.12. The van der Waals surface area contributed by atoms with Gasteiger partial charge in [0.2, 0.25) is 15.9 Å². The number of amides is 1. The van der Waals surface area contributed by atoms with Gasteiger partial charge in [-0.2, -0.15) is 0 Å². The summed E-state index contributed by atoms with van der Waals surface area (Å²) in [6.07, 6.45) is 1.13. The van der Waals surface area contributed by atoms with Crippen molar-refractivity contribution in [3.05, 3.63) is 58.6 Å². The Labute approximate surface area is 175 Å². The van der Waals surface area contributed by atoms with Gasteiger partial charge >= 0.3 is 0 Å². The van der Waals surface area contributed by atoms with E-state index in [0.717, 1.165) is 16.6 Å². The van der Waals surface area contributed by atoms with Gasteiger partial charge in [-0.25, -0.2) is 8.42 Å². The maximum atomic E-state index is 12.9. The number of benzene rings is 2. The first-order chi connectivity index (χ1) is 14.0. The molecule has 2 aromatic carbocycles. The van der Waals surface area contributed by atoms with Crippen molar-refractivity contribution in [2.45, 2.75) is 39.3 Å². The summed E-state index contributed by atoms with van der Waals surface area (Å²) >= 11 is 0. The van der Waals surface area contributed by atoms with Gasteiger partial charge < -0.3 is 10.1 Å². The Kier molecular flexibility index (Phi) is 7.38. The topological polar surface area (TPSA) is 119 Å². The van der Waals surface area contributed by atoms with Gasteiger partial charge in [0.25, 0.3) is 5.69 Å². The molecule has 0 aromatic heterocycles. The molecule has 2 aromatic rings. The number of nitro groups is 1. The maximum Gasteiger partial charge on any atom is 0.271 e. The number of carbonyl (C=O) groups excluding carboxylic acids is 1. The van der Waals surface area contributed by atoms with Crippen LogP contribution in [0.25, 0.3) is 0 Å². The molecule has 0 aliphatic rings. The quantitative estimate of drug-likeness (QED) is 0.475. The smallest absolute Gasteiger partial charge is 0.271 e. The number of hydrogen-bond donors (Lipinski definition) is 1. The van der Waals surface area contributed by atoms with Gasteiger partial charge in [0.15, 0.2) is 0 Å². The van der Waals surface area contributed by atoms with Crippen molar-refractivity contribution in [2.75, 3.05) is 15.9 Å². The molecule has 2 rings (SSSR count). The minimum Gasteiger partial charge on any atom is -0.491 e. The van der Waals surface area contributed by atoms with E-state index in [2.05, 4.69) is 5.32 Å². The zero-order valence-electron chi connectivity index (χ0n) is 17.2. The van der Waals surface area contributed by atoms with Crippen LogP contribution in [0.2, 0.25) is 0 Å². The molecule has 0 heterocycles. The van der Waals surface area contributed by atoms with Gasteiger partial charge in [0, 0.05) is 17.8 Å². The molecular weight excluding hydrogens is 410 g/mol. The summed E-state index contributed by atoms with van der Waals surface area (Å²) in [5.41, 5.74) is 0.258. The summed E-state index contributed by atoms with van der Waals surface area (Å²) in [4.78, 5) is 23.4. The molecule has 0 radical (unpaired) electrons. The van der Waals surface area contributed by atoms with Crippen LogP contribution in [-0.4, -0.2) is 37.6 Å². The number of nitrogens with one attached hydrogen (secondary N) is 1. The first-order valence-electron chi connectivity index (χ1n) is 9.34. The summed E-state index contributed by atoms with van der Waals surface area (Å²) in [6, 6.07) is 10.8. The Morgan fingerprint density at radius 3 is 2.33 bits per heavy atom. The number of carbonyl (C=O) groups is 1. The van der Waals surface area contributed by atoms with Crippen LogP contribution >= 0.6 is 0 Å². The Hall–Kier alpha value is -3.14. The summed E-state index contributed by atoms with van der Waals surface area (Å²) in [5.74, 6) is 0.0938. The van der Waals surface area contributed by atoms with Crippen molar-refractivity contribution in [2.24, 2.45) is 0 Å². The largest absolute Gasteiger partial charge is 0.491 e. The number of non-ortho nitro benzene ring substituents is 1. The zero-order chi connectivity index (χ0) is 22.5. The van der Waals surface area contributed by atoms with E-state index < -0.39 is 26.9 Å².